The van der Waals surface area contributed by atoms with E-state index in [2.05, 4.69) is 6.92 Å². The molecule has 0 aliphatic carbocycles. The summed E-state index contributed by atoms with van der Waals surface area (Å²) >= 11 is 0. The van der Waals surface area contributed by atoms with Gasteiger partial charge in [-0.25, -0.2) is 0 Å². The van der Waals surface area contributed by atoms with Gasteiger partial charge in [0.25, 0.3) is 0 Å². The zero-order chi connectivity index (χ0) is 18.9. The van der Waals surface area contributed by atoms with E-state index >= 15 is 0 Å². The molecule has 2 atom stereocenters. The first-order valence-corrected chi connectivity index (χ1v) is 10.2. The van der Waals surface area contributed by atoms with Crippen LogP contribution in [-0.4, -0.2) is 28.2 Å². The maximum atomic E-state index is 11.5. The van der Waals surface area contributed by atoms with E-state index in [1.54, 1.807) is 0 Å². The van der Waals surface area contributed by atoms with Gasteiger partial charge in [-0.15, -0.1) is 0 Å². The minimum Gasteiger partial charge on any atom is -0.481 e. The monoisotopic (exact) mass is 357 g/mol. The van der Waals surface area contributed by atoms with Crippen LogP contribution in [0, 0.1) is 5.92 Å². The molecule has 5 nitrogen and oxygen atoms in total. The molecule has 0 fully saturated rings. The number of aliphatic hydroxyl groups is 1. The number of nitrogens with two attached hydrogens (primary N) is 1. The number of carbonyl (C=O) groups is 2. The van der Waals surface area contributed by atoms with Crippen LogP contribution in [0.25, 0.3) is 0 Å². The number of carboxylic acids is 1. The number of carbonyl (C=O) groups excluding carboxylic acids is 1. The van der Waals surface area contributed by atoms with Crippen molar-refractivity contribution in [1.82, 2.24) is 0 Å². The molecular formula is C20H39NO4. The van der Waals surface area contributed by atoms with Gasteiger partial charge in [-0.05, 0) is 32.1 Å². The normalized spacial score (nSPS) is 13.5. The Morgan fingerprint density at radius 2 is 1.32 bits per heavy atom. The van der Waals surface area contributed by atoms with Crippen molar-refractivity contribution in [2.45, 2.75) is 109 Å². The van der Waals surface area contributed by atoms with Crippen LogP contribution in [0.5, 0.6) is 0 Å². The number of rotatable bonds is 18. The molecule has 0 aromatic heterocycles. The molecule has 0 rings (SSSR count). The van der Waals surface area contributed by atoms with Crippen LogP contribution in [0.1, 0.15) is 103 Å². The molecule has 0 radical (unpaired) electrons. The summed E-state index contributed by atoms with van der Waals surface area (Å²) in [6.45, 7) is 2.19. The highest BCUT2D eigenvalue weighted by molar-refractivity contribution is 5.76. The van der Waals surface area contributed by atoms with Crippen LogP contribution in [0.3, 0.4) is 0 Å². The Kier molecular flexibility index (Phi) is 15.7. The lowest BCUT2D eigenvalue weighted by atomic mass is 9.93. The van der Waals surface area contributed by atoms with Gasteiger partial charge >= 0.3 is 5.97 Å². The Morgan fingerprint density at radius 3 is 1.92 bits per heavy atom. The summed E-state index contributed by atoms with van der Waals surface area (Å²) in [5.74, 6) is -1.12. The van der Waals surface area contributed by atoms with Gasteiger partial charge in [0.05, 0.1) is 6.10 Å². The maximum absolute atomic E-state index is 11.5. The first kappa shape index (κ1) is 23.9. The molecule has 1 amide bonds. The van der Waals surface area contributed by atoms with Crippen LogP contribution in [0.15, 0.2) is 0 Å². The average molecular weight is 358 g/mol. The Bertz CT molecular complexity index is 347. The van der Waals surface area contributed by atoms with Crippen molar-refractivity contribution in [2.24, 2.45) is 11.7 Å². The SMILES string of the molecule is CCCCCCCC(O)CCCC(CCCCCCC(=O)O)C(N)=O. The van der Waals surface area contributed by atoms with Gasteiger partial charge in [0.1, 0.15) is 0 Å². The smallest absolute Gasteiger partial charge is 0.303 e. The van der Waals surface area contributed by atoms with E-state index in [4.69, 9.17) is 10.8 Å². The van der Waals surface area contributed by atoms with Gasteiger partial charge in [0.15, 0.2) is 0 Å². The van der Waals surface area contributed by atoms with Crippen molar-refractivity contribution in [1.29, 1.82) is 0 Å². The molecule has 0 aromatic carbocycles. The zero-order valence-corrected chi connectivity index (χ0v) is 16.0. The molecule has 0 saturated carbocycles. The maximum Gasteiger partial charge on any atom is 0.303 e. The highest BCUT2D eigenvalue weighted by Gasteiger charge is 2.15. The summed E-state index contributed by atoms with van der Waals surface area (Å²) in [4.78, 5) is 22.0. The van der Waals surface area contributed by atoms with Crippen LogP contribution in [-0.2, 0) is 9.59 Å². The molecule has 0 heterocycles. The van der Waals surface area contributed by atoms with E-state index in [-0.39, 0.29) is 24.3 Å². The molecular weight excluding hydrogens is 318 g/mol. The molecule has 2 unspecified atom stereocenters. The van der Waals surface area contributed by atoms with Crippen LogP contribution in [0.2, 0.25) is 0 Å². The summed E-state index contributed by atoms with van der Waals surface area (Å²) in [6, 6.07) is 0. The van der Waals surface area contributed by atoms with Gasteiger partial charge in [0.2, 0.25) is 5.91 Å². The minimum atomic E-state index is -0.751. The number of amides is 1. The van der Waals surface area contributed by atoms with Crippen molar-refractivity contribution >= 4 is 11.9 Å². The third-order valence-electron chi connectivity index (χ3n) is 4.83. The lowest BCUT2D eigenvalue weighted by molar-refractivity contribution is -0.137. The third-order valence-corrected chi connectivity index (χ3v) is 4.83. The Labute approximate surface area is 153 Å². The summed E-state index contributed by atoms with van der Waals surface area (Å²) in [5, 5.41) is 18.6. The number of unbranched alkanes of at least 4 members (excludes halogenated alkanes) is 7. The largest absolute Gasteiger partial charge is 0.481 e. The van der Waals surface area contributed by atoms with E-state index in [9.17, 15) is 14.7 Å². The van der Waals surface area contributed by atoms with Crippen molar-refractivity contribution in [2.75, 3.05) is 0 Å². The molecule has 0 aliphatic rings. The highest BCUT2D eigenvalue weighted by Crippen LogP contribution is 2.19. The average Bonchev–Trinajstić information content (AvgIpc) is 2.55. The Hall–Kier alpha value is -1.10. The second-order valence-corrected chi connectivity index (χ2v) is 7.23. The first-order valence-electron chi connectivity index (χ1n) is 10.2. The molecule has 0 bridgehead atoms. The topological polar surface area (TPSA) is 101 Å². The number of carboxylic acid groups (broad SMARTS) is 1. The molecule has 0 saturated heterocycles. The van der Waals surface area contributed by atoms with Crippen LogP contribution < -0.4 is 5.73 Å². The molecule has 25 heavy (non-hydrogen) atoms. The summed E-state index contributed by atoms with van der Waals surface area (Å²) < 4.78 is 0. The molecule has 148 valence electrons. The number of hydrogen-bond acceptors (Lipinski definition) is 3. The summed E-state index contributed by atoms with van der Waals surface area (Å²) in [6.07, 6.45) is 13.4. The van der Waals surface area contributed by atoms with E-state index in [1.165, 1.54) is 25.7 Å². The molecule has 4 N–H and O–H groups in total. The van der Waals surface area contributed by atoms with Crippen LogP contribution >= 0.6 is 0 Å². The molecule has 0 aliphatic heterocycles. The first-order chi connectivity index (χ1) is 12.0. The third kappa shape index (κ3) is 16.1. The van der Waals surface area contributed by atoms with Gasteiger partial charge in [-0.2, -0.15) is 0 Å². The quantitative estimate of drug-likeness (QED) is 0.316. The fourth-order valence-electron chi connectivity index (χ4n) is 3.18. The van der Waals surface area contributed by atoms with E-state index in [0.717, 1.165) is 57.8 Å². The molecule has 0 aromatic rings. The second kappa shape index (κ2) is 16.4. The van der Waals surface area contributed by atoms with Gasteiger partial charge in [-0.1, -0.05) is 64.7 Å². The predicted octanol–water partition coefficient (Wildman–Crippen LogP) is 4.40. The second-order valence-electron chi connectivity index (χ2n) is 7.23. The van der Waals surface area contributed by atoms with Gasteiger partial charge in [0, 0.05) is 12.3 Å². The van der Waals surface area contributed by atoms with Gasteiger partial charge in [-0.3, -0.25) is 9.59 Å². The summed E-state index contributed by atoms with van der Waals surface area (Å²) in [5.41, 5.74) is 5.48. The number of hydrogen-bond donors (Lipinski definition) is 3. The highest BCUT2D eigenvalue weighted by atomic mass is 16.4. The Morgan fingerprint density at radius 1 is 0.800 bits per heavy atom. The van der Waals surface area contributed by atoms with Crippen molar-refractivity contribution < 1.29 is 19.8 Å². The number of primary amides is 1. The zero-order valence-electron chi connectivity index (χ0n) is 16.0. The van der Waals surface area contributed by atoms with E-state index < -0.39 is 5.97 Å². The molecule has 0 spiro atoms. The fourth-order valence-corrected chi connectivity index (χ4v) is 3.18. The number of aliphatic carboxylic acids is 1. The summed E-state index contributed by atoms with van der Waals surface area (Å²) in [7, 11) is 0. The van der Waals surface area contributed by atoms with E-state index in [0.29, 0.717) is 6.42 Å². The standard InChI is InChI=1S/C20H39NO4/c1-2-3-4-5-9-14-18(22)15-11-13-17(20(21)25)12-8-6-7-10-16-19(23)24/h17-18,22H,2-16H2,1H3,(H2,21,25)(H,23,24). The Balaban J connectivity index is 3.71. The lowest BCUT2D eigenvalue weighted by Crippen LogP contribution is -2.23. The van der Waals surface area contributed by atoms with Gasteiger partial charge < -0.3 is 15.9 Å². The minimum absolute atomic E-state index is 0.115. The van der Waals surface area contributed by atoms with Crippen LogP contribution in [0.4, 0.5) is 0 Å². The number of aliphatic hydroxyl groups excluding tert-OH is 1. The van der Waals surface area contributed by atoms with Crippen molar-refractivity contribution in [3.05, 3.63) is 0 Å². The lowest BCUT2D eigenvalue weighted by Gasteiger charge is -2.15. The van der Waals surface area contributed by atoms with E-state index in [1.807, 2.05) is 0 Å². The van der Waals surface area contributed by atoms with Crippen molar-refractivity contribution in [3.63, 3.8) is 0 Å². The predicted molar refractivity (Wildman–Crippen MR) is 101 cm³/mol. The fraction of sp³-hybridized carbons (Fsp3) is 0.900. The van der Waals surface area contributed by atoms with Crippen molar-refractivity contribution in [3.8, 4) is 0 Å². The molecule has 5 heteroatoms.